The molecule has 6 heteroatoms. The molecule has 0 spiro atoms. The van der Waals surface area contributed by atoms with E-state index in [1.54, 1.807) is 17.4 Å². The van der Waals surface area contributed by atoms with E-state index in [-0.39, 0.29) is 0 Å². The number of thiazole rings is 1. The average molecular weight is 316 g/mol. The molecule has 0 radical (unpaired) electrons. The predicted molar refractivity (Wildman–Crippen MR) is 83.9 cm³/mol. The van der Waals surface area contributed by atoms with Crippen molar-refractivity contribution in [3.05, 3.63) is 33.1 Å². The quantitative estimate of drug-likeness (QED) is 0.640. The van der Waals surface area contributed by atoms with Crippen molar-refractivity contribution in [1.82, 2.24) is 4.98 Å². The van der Waals surface area contributed by atoms with E-state index in [9.17, 15) is 0 Å². The Labute approximate surface area is 126 Å². The number of nitrogens with one attached hydrogen (secondary N) is 1. The fraction of sp³-hybridized carbons (Fsp3) is 0.308. The van der Waals surface area contributed by atoms with Crippen LogP contribution in [0.4, 0.5) is 5.13 Å². The average Bonchev–Trinajstić information content (AvgIpc) is 2.75. The zero-order valence-electron chi connectivity index (χ0n) is 10.7. The maximum Gasteiger partial charge on any atom is 0.197 e. The fourth-order valence-corrected chi connectivity index (χ4v) is 3.20. The number of aromatic nitrogens is 1. The largest absolute Gasteiger partial charge is 0.300 e. The van der Waals surface area contributed by atoms with Gasteiger partial charge in [0.05, 0.1) is 15.7 Å². The van der Waals surface area contributed by atoms with Gasteiger partial charge in [0, 0.05) is 10.4 Å². The van der Waals surface area contributed by atoms with Gasteiger partial charge in [0.1, 0.15) is 0 Å². The zero-order chi connectivity index (χ0) is 14.0. The van der Waals surface area contributed by atoms with Gasteiger partial charge in [-0.05, 0) is 24.5 Å². The first kappa shape index (κ1) is 14.6. The van der Waals surface area contributed by atoms with E-state index < -0.39 is 0 Å². The Morgan fingerprint density at radius 1 is 1.32 bits per heavy atom. The molecule has 0 amide bonds. The molecule has 3 N–H and O–H groups in total. The van der Waals surface area contributed by atoms with Crippen molar-refractivity contribution < 1.29 is 0 Å². The second-order valence-electron chi connectivity index (χ2n) is 4.66. The van der Waals surface area contributed by atoms with Gasteiger partial charge < -0.3 is 0 Å². The van der Waals surface area contributed by atoms with Crippen molar-refractivity contribution in [3.63, 3.8) is 0 Å². The van der Waals surface area contributed by atoms with Crippen molar-refractivity contribution in [1.29, 1.82) is 0 Å². The molecule has 1 aromatic carbocycles. The normalized spacial score (nSPS) is 11.1. The van der Waals surface area contributed by atoms with E-state index >= 15 is 0 Å². The molecule has 0 fully saturated rings. The lowest BCUT2D eigenvalue weighted by Crippen LogP contribution is -2.05. The molecular formula is C13H15Cl2N3S. The van der Waals surface area contributed by atoms with Crippen LogP contribution >= 0.6 is 34.5 Å². The van der Waals surface area contributed by atoms with Gasteiger partial charge in [-0.2, -0.15) is 0 Å². The minimum Gasteiger partial charge on any atom is -0.300 e. The SMILES string of the molecule is CC(C)Cc1sc(NN)nc1-c1ccc(Cl)c(Cl)c1. The Morgan fingerprint density at radius 3 is 2.63 bits per heavy atom. The van der Waals surface area contributed by atoms with Crippen LogP contribution in [0.15, 0.2) is 18.2 Å². The molecule has 0 unspecified atom stereocenters. The highest BCUT2D eigenvalue weighted by molar-refractivity contribution is 7.16. The Hall–Kier alpha value is -0.810. The van der Waals surface area contributed by atoms with E-state index in [2.05, 4.69) is 24.3 Å². The maximum absolute atomic E-state index is 6.07. The standard InChI is InChI=1S/C13H15Cl2N3S/c1-7(2)5-11-12(17-13(18-16)19-11)8-3-4-9(14)10(15)6-8/h3-4,6-7H,5,16H2,1-2H3,(H,17,18). The third-order valence-electron chi connectivity index (χ3n) is 2.61. The highest BCUT2D eigenvalue weighted by Crippen LogP contribution is 2.35. The first-order valence-electron chi connectivity index (χ1n) is 5.93. The topological polar surface area (TPSA) is 50.9 Å². The second-order valence-corrected chi connectivity index (χ2v) is 6.56. The molecule has 102 valence electrons. The molecule has 0 aliphatic rings. The summed E-state index contributed by atoms with van der Waals surface area (Å²) in [6.07, 6.45) is 0.953. The second kappa shape index (κ2) is 6.09. The molecule has 1 heterocycles. The van der Waals surface area contributed by atoms with Gasteiger partial charge in [0.15, 0.2) is 5.13 Å². The molecule has 0 saturated carbocycles. The minimum atomic E-state index is 0.532. The van der Waals surface area contributed by atoms with Gasteiger partial charge >= 0.3 is 0 Å². The van der Waals surface area contributed by atoms with Crippen LogP contribution in [0.5, 0.6) is 0 Å². The molecule has 2 rings (SSSR count). The first-order chi connectivity index (χ1) is 9.01. The molecule has 1 aromatic heterocycles. The summed E-state index contributed by atoms with van der Waals surface area (Å²) in [5.74, 6) is 5.99. The molecule has 0 atom stereocenters. The smallest absolute Gasteiger partial charge is 0.197 e. The van der Waals surface area contributed by atoms with Crippen LogP contribution in [0, 0.1) is 5.92 Å². The van der Waals surface area contributed by atoms with Gasteiger partial charge in [0.2, 0.25) is 0 Å². The molecule has 2 aromatic rings. The van der Waals surface area contributed by atoms with Crippen molar-refractivity contribution in [3.8, 4) is 11.3 Å². The van der Waals surface area contributed by atoms with Gasteiger partial charge in [-0.15, -0.1) is 11.3 Å². The third kappa shape index (κ3) is 3.39. The van der Waals surface area contributed by atoms with Crippen LogP contribution < -0.4 is 11.3 Å². The van der Waals surface area contributed by atoms with Gasteiger partial charge in [-0.3, -0.25) is 5.43 Å². The van der Waals surface area contributed by atoms with Crippen LogP contribution in [0.3, 0.4) is 0 Å². The van der Waals surface area contributed by atoms with Crippen molar-refractivity contribution in [2.24, 2.45) is 11.8 Å². The summed E-state index contributed by atoms with van der Waals surface area (Å²) in [5, 5.41) is 1.78. The van der Waals surface area contributed by atoms with Crippen LogP contribution in [0.1, 0.15) is 18.7 Å². The van der Waals surface area contributed by atoms with E-state index in [1.807, 2.05) is 12.1 Å². The van der Waals surface area contributed by atoms with Crippen LogP contribution in [-0.4, -0.2) is 4.98 Å². The third-order valence-corrected chi connectivity index (χ3v) is 4.36. The number of nitrogens with zero attached hydrogens (tertiary/aromatic N) is 1. The van der Waals surface area contributed by atoms with E-state index in [4.69, 9.17) is 29.0 Å². The lowest BCUT2D eigenvalue weighted by Gasteiger charge is -2.06. The van der Waals surface area contributed by atoms with E-state index in [0.29, 0.717) is 21.1 Å². The monoisotopic (exact) mass is 315 g/mol. The molecule has 3 nitrogen and oxygen atoms in total. The Kier molecular flexibility index (Phi) is 4.68. The van der Waals surface area contributed by atoms with Crippen LogP contribution in [-0.2, 0) is 6.42 Å². The molecular weight excluding hydrogens is 301 g/mol. The lowest BCUT2D eigenvalue weighted by molar-refractivity contribution is 0.654. The number of halogens is 2. The molecule has 19 heavy (non-hydrogen) atoms. The van der Waals surface area contributed by atoms with E-state index in [0.717, 1.165) is 17.7 Å². The van der Waals surface area contributed by atoms with Crippen LogP contribution in [0.2, 0.25) is 10.0 Å². The van der Waals surface area contributed by atoms with Crippen molar-refractivity contribution >= 4 is 39.7 Å². The van der Waals surface area contributed by atoms with Gasteiger partial charge in [0.25, 0.3) is 0 Å². The Balaban J connectivity index is 2.46. The number of nitrogen functional groups attached to an aromatic ring is 1. The summed E-state index contributed by atoms with van der Waals surface area (Å²) in [4.78, 5) is 5.70. The van der Waals surface area contributed by atoms with E-state index in [1.165, 1.54) is 4.88 Å². The molecule has 0 bridgehead atoms. The first-order valence-corrected chi connectivity index (χ1v) is 7.50. The predicted octanol–water partition coefficient (Wildman–Crippen LogP) is 4.60. The highest BCUT2D eigenvalue weighted by atomic mass is 35.5. The van der Waals surface area contributed by atoms with Gasteiger partial charge in [-0.25, -0.2) is 10.8 Å². The molecule has 0 aliphatic carbocycles. The number of hydrazine groups is 1. The minimum absolute atomic E-state index is 0.532. The molecule has 0 aliphatic heterocycles. The summed E-state index contributed by atoms with van der Waals surface area (Å²) < 4.78 is 0. The fourth-order valence-electron chi connectivity index (χ4n) is 1.79. The van der Waals surface area contributed by atoms with Gasteiger partial charge in [-0.1, -0.05) is 43.1 Å². The summed E-state index contributed by atoms with van der Waals surface area (Å²) >= 11 is 13.6. The van der Waals surface area contributed by atoms with Crippen molar-refractivity contribution in [2.45, 2.75) is 20.3 Å². The number of rotatable bonds is 4. The number of anilines is 1. The zero-order valence-corrected chi connectivity index (χ0v) is 13.0. The Bertz CT molecular complexity index is 581. The number of benzene rings is 1. The Morgan fingerprint density at radius 2 is 2.05 bits per heavy atom. The highest BCUT2D eigenvalue weighted by Gasteiger charge is 2.14. The summed E-state index contributed by atoms with van der Waals surface area (Å²) in [6, 6.07) is 5.55. The van der Waals surface area contributed by atoms with Crippen molar-refractivity contribution in [2.75, 3.05) is 5.43 Å². The summed E-state index contributed by atoms with van der Waals surface area (Å²) in [7, 11) is 0. The number of hydrogen-bond donors (Lipinski definition) is 2. The molecule has 0 saturated heterocycles. The van der Waals surface area contributed by atoms with Crippen LogP contribution in [0.25, 0.3) is 11.3 Å². The number of nitrogens with two attached hydrogens (primary N) is 1. The lowest BCUT2D eigenvalue weighted by atomic mass is 10.0. The summed E-state index contributed by atoms with van der Waals surface area (Å²) in [6.45, 7) is 4.35. The maximum atomic E-state index is 6.07. The number of hydrogen-bond acceptors (Lipinski definition) is 4. The summed E-state index contributed by atoms with van der Waals surface area (Å²) in [5.41, 5.74) is 4.49.